The molecule has 0 saturated carbocycles. The lowest BCUT2D eigenvalue weighted by atomic mass is 10.1. The highest BCUT2D eigenvalue weighted by atomic mass is 35.5. The fraction of sp³-hybridized carbons (Fsp3) is 0.174. The monoisotopic (exact) mass is 456 g/mol. The largest absolute Gasteiger partial charge is 0.495 e. The number of benzene rings is 3. The average molecular weight is 457 g/mol. The zero-order valence-electron chi connectivity index (χ0n) is 17.0. The molecule has 8 heteroatoms. The zero-order chi connectivity index (χ0) is 22.2. The van der Waals surface area contributed by atoms with Gasteiger partial charge in [-0.25, -0.2) is 8.42 Å². The maximum atomic E-state index is 13.2. The van der Waals surface area contributed by atoms with Gasteiger partial charge in [-0.2, -0.15) is 0 Å². The van der Waals surface area contributed by atoms with Crippen molar-refractivity contribution >= 4 is 38.9 Å². The quantitative estimate of drug-likeness (QED) is 0.601. The standard InChI is InChI=1S/C23H21ClN2O4S/c1-15-12-17-13-16(23(27)25-18-9-11-22(30-2)20(24)14-18)8-10-21(17)26(15)31(28,29)19-6-4-3-5-7-19/h3-11,13-15H,12H2,1-2H3,(H,25,27)/t15-/m1/s1. The van der Waals surface area contributed by atoms with Gasteiger partial charge in [0.15, 0.2) is 0 Å². The van der Waals surface area contributed by atoms with Gasteiger partial charge < -0.3 is 10.1 Å². The Morgan fingerprint density at radius 2 is 1.84 bits per heavy atom. The van der Waals surface area contributed by atoms with Crippen LogP contribution in [0.15, 0.2) is 71.6 Å². The Kier molecular flexibility index (Phi) is 5.64. The summed E-state index contributed by atoms with van der Waals surface area (Å²) in [6.07, 6.45) is 0.525. The molecule has 0 radical (unpaired) electrons. The summed E-state index contributed by atoms with van der Waals surface area (Å²) in [6.45, 7) is 1.86. The lowest BCUT2D eigenvalue weighted by molar-refractivity contribution is 0.102. The number of sulfonamides is 1. The molecule has 0 spiro atoms. The molecule has 3 aromatic rings. The molecule has 160 valence electrons. The van der Waals surface area contributed by atoms with Gasteiger partial charge in [0, 0.05) is 17.3 Å². The van der Waals surface area contributed by atoms with Gasteiger partial charge in [0.2, 0.25) is 0 Å². The summed E-state index contributed by atoms with van der Waals surface area (Å²) < 4.78 is 32.9. The maximum Gasteiger partial charge on any atom is 0.264 e. The van der Waals surface area contributed by atoms with Crippen molar-refractivity contribution in [2.45, 2.75) is 24.3 Å². The van der Waals surface area contributed by atoms with E-state index in [0.717, 1.165) is 5.56 Å². The predicted molar refractivity (Wildman–Crippen MR) is 122 cm³/mol. The van der Waals surface area contributed by atoms with Crippen LogP contribution in [0.25, 0.3) is 0 Å². The number of hydrogen-bond donors (Lipinski definition) is 1. The van der Waals surface area contributed by atoms with E-state index in [-0.39, 0.29) is 16.8 Å². The van der Waals surface area contributed by atoms with Gasteiger partial charge in [-0.3, -0.25) is 9.10 Å². The van der Waals surface area contributed by atoms with E-state index >= 15 is 0 Å². The van der Waals surface area contributed by atoms with E-state index in [2.05, 4.69) is 5.32 Å². The molecule has 0 unspecified atom stereocenters. The van der Waals surface area contributed by atoms with Crippen LogP contribution >= 0.6 is 11.6 Å². The number of methoxy groups -OCH3 is 1. The number of carbonyl (C=O) groups is 1. The second-order valence-corrected chi connectivity index (χ2v) is 9.54. The number of ether oxygens (including phenoxy) is 1. The van der Waals surface area contributed by atoms with Crippen molar-refractivity contribution < 1.29 is 17.9 Å². The van der Waals surface area contributed by atoms with Gasteiger partial charge in [-0.05, 0) is 67.4 Å². The summed E-state index contributed by atoms with van der Waals surface area (Å²) >= 11 is 6.12. The number of rotatable bonds is 5. The van der Waals surface area contributed by atoms with Crippen molar-refractivity contribution in [3.05, 3.63) is 82.9 Å². The second kappa shape index (κ2) is 8.24. The minimum absolute atomic E-state index is 0.243. The fourth-order valence-corrected chi connectivity index (χ4v) is 5.73. The van der Waals surface area contributed by atoms with E-state index in [1.165, 1.54) is 11.4 Å². The molecule has 0 bridgehead atoms. The van der Waals surface area contributed by atoms with Crippen molar-refractivity contribution in [1.82, 2.24) is 0 Å². The van der Waals surface area contributed by atoms with Gasteiger partial charge in [0.25, 0.3) is 15.9 Å². The highest BCUT2D eigenvalue weighted by Crippen LogP contribution is 2.37. The molecule has 3 aromatic carbocycles. The highest BCUT2D eigenvalue weighted by molar-refractivity contribution is 7.92. The summed E-state index contributed by atoms with van der Waals surface area (Å²) in [7, 11) is -2.17. The first-order valence-electron chi connectivity index (χ1n) is 9.68. The van der Waals surface area contributed by atoms with Gasteiger partial charge in [-0.1, -0.05) is 29.8 Å². The lowest BCUT2D eigenvalue weighted by Crippen LogP contribution is -2.35. The molecule has 1 aliphatic rings. The third-order valence-corrected chi connectivity index (χ3v) is 7.44. The average Bonchev–Trinajstić information content (AvgIpc) is 3.10. The Bertz CT molecular complexity index is 1250. The van der Waals surface area contributed by atoms with Crippen LogP contribution in [-0.2, 0) is 16.4 Å². The first kappa shape index (κ1) is 21.2. The van der Waals surface area contributed by atoms with Crippen molar-refractivity contribution in [2.24, 2.45) is 0 Å². The van der Waals surface area contributed by atoms with Crippen LogP contribution < -0.4 is 14.4 Å². The summed E-state index contributed by atoms with van der Waals surface area (Å²) in [6, 6.07) is 18.2. The zero-order valence-corrected chi connectivity index (χ0v) is 18.6. The number of amides is 1. The molecule has 0 saturated heterocycles. The molecule has 1 atom stereocenters. The van der Waals surface area contributed by atoms with Gasteiger partial charge in [0.05, 0.1) is 22.7 Å². The molecule has 6 nitrogen and oxygen atoms in total. The number of nitrogens with zero attached hydrogens (tertiary/aromatic N) is 1. The van der Waals surface area contributed by atoms with E-state index in [4.69, 9.17) is 16.3 Å². The second-order valence-electron chi connectivity index (χ2n) is 7.31. The van der Waals surface area contributed by atoms with Crippen molar-refractivity contribution in [1.29, 1.82) is 0 Å². The smallest absolute Gasteiger partial charge is 0.264 e. The van der Waals surface area contributed by atoms with Crippen molar-refractivity contribution in [2.75, 3.05) is 16.7 Å². The van der Waals surface area contributed by atoms with Crippen LogP contribution in [0.2, 0.25) is 5.02 Å². The van der Waals surface area contributed by atoms with Crippen LogP contribution in [0.1, 0.15) is 22.8 Å². The Balaban J connectivity index is 1.60. The minimum atomic E-state index is -3.69. The third-order valence-electron chi connectivity index (χ3n) is 5.20. The summed E-state index contributed by atoms with van der Waals surface area (Å²) in [5, 5.41) is 3.20. The van der Waals surface area contributed by atoms with E-state index in [9.17, 15) is 13.2 Å². The van der Waals surface area contributed by atoms with Crippen LogP contribution in [0.3, 0.4) is 0 Å². The fourth-order valence-electron chi connectivity index (χ4n) is 3.76. The van der Waals surface area contributed by atoms with Crippen LogP contribution in [-0.4, -0.2) is 27.5 Å². The molecule has 1 aliphatic heterocycles. The summed E-state index contributed by atoms with van der Waals surface area (Å²) in [5.41, 5.74) is 2.39. The van der Waals surface area contributed by atoms with E-state index in [1.807, 2.05) is 6.92 Å². The lowest BCUT2D eigenvalue weighted by Gasteiger charge is -2.24. The third kappa shape index (κ3) is 3.98. The number of carbonyl (C=O) groups excluding carboxylic acids is 1. The van der Waals surface area contributed by atoms with Crippen LogP contribution in [0.4, 0.5) is 11.4 Å². The molecule has 31 heavy (non-hydrogen) atoms. The normalized spacial score (nSPS) is 15.5. The minimum Gasteiger partial charge on any atom is -0.495 e. The van der Waals surface area contributed by atoms with Crippen molar-refractivity contribution in [3.63, 3.8) is 0 Å². The van der Waals surface area contributed by atoms with Crippen molar-refractivity contribution in [3.8, 4) is 5.75 Å². The van der Waals surface area contributed by atoms with Gasteiger partial charge >= 0.3 is 0 Å². The van der Waals surface area contributed by atoms with Gasteiger partial charge in [0.1, 0.15) is 5.75 Å². The Hall–Kier alpha value is -3.03. The number of anilines is 2. The topological polar surface area (TPSA) is 75.7 Å². The van der Waals surface area contributed by atoms with Gasteiger partial charge in [-0.15, -0.1) is 0 Å². The number of fused-ring (bicyclic) bond motifs is 1. The number of nitrogens with one attached hydrogen (secondary N) is 1. The summed E-state index contributed by atoms with van der Waals surface area (Å²) in [5.74, 6) is 0.215. The Labute approximate surface area is 186 Å². The van der Waals surface area contributed by atoms with Crippen LogP contribution in [0, 0.1) is 0 Å². The first-order valence-corrected chi connectivity index (χ1v) is 11.5. The first-order chi connectivity index (χ1) is 14.8. The predicted octanol–water partition coefficient (Wildman–Crippen LogP) is 4.74. The molecule has 1 amide bonds. The molecule has 4 rings (SSSR count). The molecule has 0 aliphatic carbocycles. The SMILES string of the molecule is COc1ccc(NC(=O)c2ccc3c(c2)C[C@@H](C)N3S(=O)(=O)c2ccccc2)cc1Cl. The van der Waals surface area contributed by atoms with E-state index in [0.29, 0.717) is 34.1 Å². The summed E-state index contributed by atoms with van der Waals surface area (Å²) in [4.78, 5) is 13.0. The molecule has 1 N–H and O–H groups in total. The highest BCUT2D eigenvalue weighted by Gasteiger charge is 2.36. The number of halogens is 1. The molecule has 0 fully saturated rings. The Morgan fingerprint density at radius 1 is 1.10 bits per heavy atom. The van der Waals surface area contributed by atoms with Crippen LogP contribution in [0.5, 0.6) is 5.75 Å². The maximum absolute atomic E-state index is 13.2. The number of hydrogen-bond acceptors (Lipinski definition) is 4. The van der Waals surface area contributed by atoms with E-state index in [1.54, 1.807) is 66.7 Å². The van der Waals surface area contributed by atoms with E-state index < -0.39 is 10.0 Å². The molecular formula is C23H21ClN2O4S. The Morgan fingerprint density at radius 3 is 2.52 bits per heavy atom. The molecule has 1 heterocycles. The molecule has 0 aromatic heterocycles. The molecular weight excluding hydrogens is 436 g/mol.